The molecule has 0 radical (unpaired) electrons. The Labute approximate surface area is 208 Å². The number of halogens is 1. The summed E-state index contributed by atoms with van der Waals surface area (Å²) in [6.45, 7) is 5.25. The van der Waals surface area contributed by atoms with E-state index in [0.717, 1.165) is 29.8 Å². The van der Waals surface area contributed by atoms with Crippen LogP contribution >= 0.6 is 23.1 Å². The van der Waals surface area contributed by atoms with Gasteiger partial charge in [0.2, 0.25) is 11.8 Å². The van der Waals surface area contributed by atoms with Crippen LogP contribution in [0.15, 0.2) is 18.2 Å². The maximum Gasteiger partial charge on any atom is 0.255 e. The van der Waals surface area contributed by atoms with E-state index in [4.69, 9.17) is 16.3 Å². The Morgan fingerprint density at radius 3 is 2.91 bits per heavy atom. The second-order valence-electron chi connectivity index (χ2n) is 8.42. The van der Waals surface area contributed by atoms with Gasteiger partial charge in [-0.25, -0.2) is 0 Å². The molecule has 1 aliphatic rings. The lowest BCUT2D eigenvalue weighted by Crippen LogP contribution is -2.47. The molecule has 0 spiro atoms. The van der Waals surface area contributed by atoms with Gasteiger partial charge in [0.1, 0.15) is 11.8 Å². The number of benzene rings is 1. The summed E-state index contributed by atoms with van der Waals surface area (Å²) >= 11 is 7.35. The second kappa shape index (κ2) is 12.7. The Bertz CT molecular complexity index is 1010. The molecule has 34 heavy (non-hydrogen) atoms. The Balaban J connectivity index is 1.78. The summed E-state index contributed by atoms with van der Waals surface area (Å²) in [6.07, 6.45) is 2.75. The third kappa shape index (κ3) is 7.39. The fourth-order valence-corrected chi connectivity index (χ4v) is 4.46. The Morgan fingerprint density at radius 1 is 1.29 bits per heavy atom. The normalized spacial score (nSPS) is 18.1. The third-order valence-corrected chi connectivity index (χ3v) is 6.40. The zero-order chi connectivity index (χ0) is 24.5. The lowest BCUT2D eigenvalue weighted by atomic mass is 10.1. The van der Waals surface area contributed by atoms with Gasteiger partial charge in [0.15, 0.2) is 0 Å². The van der Waals surface area contributed by atoms with Crippen molar-refractivity contribution in [3.05, 3.63) is 39.4 Å². The van der Waals surface area contributed by atoms with E-state index >= 15 is 0 Å². The molecule has 1 aromatic heterocycles. The van der Waals surface area contributed by atoms with E-state index in [1.165, 1.54) is 17.6 Å². The number of carbonyl (C=O) groups is 3. The molecule has 1 atom stereocenters. The molecule has 0 aliphatic carbocycles. The SMILES string of the molecule is CC(C)c1nnsc1CNC(=O)[C@@H]1CCC(=O)NCCCCCOc2ccc(Cl)cc2C(=O)N1. The highest BCUT2D eigenvalue weighted by molar-refractivity contribution is 7.05. The van der Waals surface area contributed by atoms with Crippen LogP contribution in [0.4, 0.5) is 0 Å². The van der Waals surface area contributed by atoms with Crippen molar-refractivity contribution in [3.8, 4) is 5.75 Å². The van der Waals surface area contributed by atoms with Gasteiger partial charge in [-0.05, 0) is 61.3 Å². The number of aromatic nitrogens is 2. The molecule has 11 heteroatoms. The Morgan fingerprint density at radius 2 is 2.12 bits per heavy atom. The van der Waals surface area contributed by atoms with Crippen LogP contribution in [0.2, 0.25) is 5.02 Å². The summed E-state index contributed by atoms with van der Waals surface area (Å²) in [7, 11) is 0. The number of amides is 3. The number of nitrogens with one attached hydrogen (secondary N) is 3. The molecule has 9 nitrogen and oxygen atoms in total. The number of rotatable bonds is 4. The van der Waals surface area contributed by atoms with Crippen LogP contribution in [0.3, 0.4) is 0 Å². The first-order chi connectivity index (χ1) is 16.3. The standard InChI is InChI=1S/C23H30ClN5O4S/c1-14(2)21-19(34-29-28-21)13-26-23(32)17-7-9-20(30)25-10-4-3-5-11-33-18-8-6-15(24)12-16(18)22(31)27-17/h6,8,12,14,17H,3-5,7,9-11,13H2,1-2H3,(H,25,30)(H,26,32)(H,27,31)/t17-/m0/s1. The minimum atomic E-state index is -0.918. The highest BCUT2D eigenvalue weighted by Crippen LogP contribution is 2.24. The number of carbonyl (C=O) groups excluding carboxylic acids is 3. The number of hydrogen-bond acceptors (Lipinski definition) is 7. The van der Waals surface area contributed by atoms with Crippen molar-refractivity contribution in [1.29, 1.82) is 0 Å². The van der Waals surface area contributed by atoms with Crippen LogP contribution in [0.25, 0.3) is 0 Å². The van der Waals surface area contributed by atoms with Crippen LogP contribution in [0.1, 0.15) is 72.8 Å². The molecule has 0 unspecified atom stereocenters. The maximum atomic E-state index is 13.1. The summed E-state index contributed by atoms with van der Waals surface area (Å²) in [5.74, 6) is -0.458. The molecular weight excluding hydrogens is 478 g/mol. The van der Waals surface area contributed by atoms with Gasteiger partial charge in [0, 0.05) is 18.0 Å². The van der Waals surface area contributed by atoms with Gasteiger partial charge >= 0.3 is 0 Å². The minimum Gasteiger partial charge on any atom is -0.493 e. The molecule has 0 saturated carbocycles. The zero-order valence-electron chi connectivity index (χ0n) is 19.4. The molecule has 0 saturated heterocycles. The molecule has 2 aromatic rings. The van der Waals surface area contributed by atoms with Crippen molar-refractivity contribution in [1.82, 2.24) is 25.5 Å². The van der Waals surface area contributed by atoms with Gasteiger partial charge in [-0.2, -0.15) is 0 Å². The van der Waals surface area contributed by atoms with E-state index in [9.17, 15) is 14.4 Å². The molecule has 3 rings (SSSR count). The average Bonchev–Trinajstić information content (AvgIpc) is 3.28. The number of ether oxygens (including phenoxy) is 1. The van der Waals surface area contributed by atoms with Gasteiger partial charge in [0.25, 0.3) is 5.91 Å². The van der Waals surface area contributed by atoms with E-state index in [2.05, 4.69) is 25.5 Å². The molecule has 1 aromatic carbocycles. The van der Waals surface area contributed by atoms with Crippen molar-refractivity contribution in [2.45, 2.75) is 64.5 Å². The van der Waals surface area contributed by atoms with Crippen LogP contribution < -0.4 is 20.7 Å². The zero-order valence-corrected chi connectivity index (χ0v) is 20.9. The van der Waals surface area contributed by atoms with Gasteiger partial charge in [-0.1, -0.05) is 29.9 Å². The molecule has 1 aliphatic heterocycles. The molecule has 0 fully saturated rings. The lowest BCUT2D eigenvalue weighted by Gasteiger charge is -2.19. The van der Waals surface area contributed by atoms with Crippen LogP contribution in [-0.4, -0.2) is 46.5 Å². The molecule has 184 valence electrons. The second-order valence-corrected chi connectivity index (χ2v) is 9.69. The van der Waals surface area contributed by atoms with Crippen molar-refractivity contribution >= 4 is 40.9 Å². The lowest BCUT2D eigenvalue weighted by molar-refractivity contribution is -0.124. The Kier molecular flexibility index (Phi) is 9.64. The predicted molar refractivity (Wildman–Crippen MR) is 130 cm³/mol. The fraction of sp³-hybridized carbons (Fsp3) is 0.522. The van der Waals surface area contributed by atoms with Crippen LogP contribution in [0, 0.1) is 0 Å². The van der Waals surface area contributed by atoms with Crippen molar-refractivity contribution in [2.24, 2.45) is 0 Å². The molecule has 0 bridgehead atoms. The first-order valence-electron chi connectivity index (χ1n) is 11.4. The maximum absolute atomic E-state index is 13.1. The summed E-state index contributed by atoms with van der Waals surface area (Å²) in [5.41, 5.74) is 1.08. The van der Waals surface area contributed by atoms with E-state index in [1.54, 1.807) is 12.1 Å². The smallest absolute Gasteiger partial charge is 0.255 e. The minimum absolute atomic E-state index is 0.108. The molecule has 2 heterocycles. The molecule has 3 amide bonds. The van der Waals surface area contributed by atoms with Crippen molar-refractivity contribution in [3.63, 3.8) is 0 Å². The van der Waals surface area contributed by atoms with Crippen LogP contribution in [-0.2, 0) is 16.1 Å². The van der Waals surface area contributed by atoms with Crippen molar-refractivity contribution < 1.29 is 19.1 Å². The number of hydrogen-bond donors (Lipinski definition) is 3. The highest BCUT2D eigenvalue weighted by Gasteiger charge is 2.25. The average molecular weight is 508 g/mol. The van der Waals surface area contributed by atoms with E-state index in [1.807, 2.05) is 13.8 Å². The first kappa shape index (κ1) is 25.9. The monoisotopic (exact) mass is 507 g/mol. The van der Waals surface area contributed by atoms with Gasteiger partial charge in [-0.3, -0.25) is 14.4 Å². The highest BCUT2D eigenvalue weighted by atomic mass is 35.5. The first-order valence-corrected chi connectivity index (χ1v) is 12.6. The quantitative estimate of drug-likeness (QED) is 0.584. The number of nitrogens with zero attached hydrogens (tertiary/aromatic N) is 2. The Hall–Kier alpha value is -2.72. The largest absolute Gasteiger partial charge is 0.493 e. The van der Waals surface area contributed by atoms with Gasteiger partial charge in [-0.15, -0.1) is 5.10 Å². The molecule has 3 N–H and O–H groups in total. The third-order valence-electron chi connectivity index (χ3n) is 5.42. The van der Waals surface area contributed by atoms with E-state index in [-0.39, 0.29) is 36.8 Å². The predicted octanol–water partition coefficient (Wildman–Crippen LogP) is 3.19. The summed E-state index contributed by atoms with van der Waals surface area (Å²) in [4.78, 5) is 39.3. The summed E-state index contributed by atoms with van der Waals surface area (Å²) in [6, 6.07) is 3.91. The van der Waals surface area contributed by atoms with Crippen molar-refractivity contribution in [2.75, 3.05) is 13.2 Å². The van der Waals surface area contributed by atoms with Gasteiger partial charge < -0.3 is 20.7 Å². The van der Waals surface area contributed by atoms with Gasteiger partial charge in [0.05, 0.1) is 29.3 Å². The number of fused-ring (bicyclic) bond motifs is 1. The summed E-state index contributed by atoms with van der Waals surface area (Å²) < 4.78 is 9.79. The van der Waals surface area contributed by atoms with Crippen LogP contribution in [0.5, 0.6) is 5.75 Å². The van der Waals surface area contributed by atoms with E-state index < -0.39 is 17.9 Å². The molecular formula is C23H30ClN5O4S. The topological polar surface area (TPSA) is 122 Å². The fourth-order valence-electron chi connectivity index (χ4n) is 3.55. The van der Waals surface area contributed by atoms with E-state index in [0.29, 0.717) is 23.9 Å². The summed E-state index contributed by atoms with van der Waals surface area (Å²) in [5, 5.41) is 13.0.